The molecule has 0 aliphatic heterocycles. The fourth-order valence-electron chi connectivity index (χ4n) is 1.66. The molecule has 1 amide bonds. The minimum absolute atomic E-state index is 0.113. The highest BCUT2D eigenvalue weighted by Gasteiger charge is 2.09. The largest absolute Gasteiger partial charge is 0.325 e. The number of rotatable bonds is 3. The SMILES string of the molecule is Cc1nc(Cl)cc(=O)n1CC(=O)Nc1ccc(Cl)cc1. The number of benzene rings is 1. The van der Waals surface area contributed by atoms with Crippen LogP contribution in [0.2, 0.25) is 10.2 Å². The maximum atomic E-state index is 11.9. The highest BCUT2D eigenvalue weighted by molar-refractivity contribution is 6.30. The van der Waals surface area contributed by atoms with Crippen molar-refractivity contribution in [3.8, 4) is 0 Å². The lowest BCUT2D eigenvalue weighted by Gasteiger charge is -2.09. The second kappa shape index (κ2) is 6.07. The third kappa shape index (κ3) is 3.59. The van der Waals surface area contributed by atoms with E-state index in [-0.39, 0.29) is 23.2 Å². The van der Waals surface area contributed by atoms with Gasteiger partial charge in [0.2, 0.25) is 5.91 Å². The van der Waals surface area contributed by atoms with Gasteiger partial charge < -0.3 is 5.32 Å². The Morgan fingerprint density at radius 1 is 1.30 bits per heavy atom. The van der Waals surface area contributed by atoms with Crippen LogP contribution in [0.15, 0.2) is 35.1 Å². The van der Waals surface area contributed by atoms with Crippen LogP contribution in [0.4, 0.5) is 5.69 Å². The molecular formula is C13H11Cl2N3O2. The molecule has 0 atom stereocenters. The molecule has 1 aromatic heterocycles. The first-order valence-corrected chi connectivity index (χ1v) is 6.51. The monoisotopic (exact) mass is 311 g/mol. The summed E-state index contributed by atoms with van der Waals surface area (Å²) in [6.45, 7) is 1.49. The van der Waals surface area contributed by atoms with Gasteiger partial charge >= 0.3 is 0 Å². The standard InChI is InChI=1S/C13H11Cl2N3O2/c1-8-16-11(15)6-13(20)18(8)7-12(19)17-10-4-2-9(14)3-5-10/h2-6H,7H2,1H3,(H,17,19). The summed E-state index contributed by atoms with van der Waals surface area (Å²) < 4.78 is 1.25. The number of hydrogen-bond acceptors (Lipinski definition) is 3. The van der Waals surface area contributed by atoms with Crippen LogP contribution in [-0.2, 0) is 11.3 Å². The van der Waals surface area contributed by atoms with Crippen LogP contribution in [0, 0.1) is 6.92 Å². The highest BCUT2D eigenvalue weighted by atomic mass is 35.5. The van der Waals surface area contributed by atoms with E-state index in [4.69, 9.17) is 23.2 Å². The molecule has 7 heteroatoms. The van der Waals surface area contributed by atoms with Gasteiger partial charge in [0, 0.05) is 16.8 Å². The van der Waals surface area contributed by atoms with Gasteiger partial charge in [-0.2, -0.15) is 0 Å². The van der Waals surface area contributed by atoms with Gasteiger partial charge in [-0.05, 0) is 31.2 Å². The van der Waals surface area contributed by atoms with E-state index < -0.39 is 0 Å². The van der Waals surface area contributed by atoms with E-state index in [0.29, 0.717) is 16.5 Å². The van der Waals surface area contributed by atoms with Crippen molar-refractivity contribution in [1.29, 1.82) is 0 Å². The van der Waals surface area contributed by atoms with E-state index >= 15 is 0 Å². The number of carbonyl (C=O) groups is 1. The van der Waals surface area contributed by atoms with Gasteiger partial charge in [0.15, 0.2) is 0 Å². The molecule has 2 aromatic rings. The average Bonchev–Trinajstić information content (AvgIpc) is 2.36. The number of hydrogen-bond donors (Lipinski definition) is 1. The molecule has 0 saturated carbocycles. The molecule has 0 unspecified atom stereocenters. The molecule has 104 valence electrons. The van der Waals surface area contributed by atoms with Gasteiger partial charge in [-0.15, -0.1) is 0 Å². The third-order valence-electron chi connectivity index (χ3n) is 2.60. The molecule has 0 fully saturated rings. The Bertz CT molecular complexity index is 696. The van der Waals surface area contributed by atoms with E-state index in [1.165, 1.54) is 10.6 Å². The van der Waals surface area contributed by atoms with Crippen LogP contribution in [0.3, 0.4) is 0 Å². The fourth-order valence-corrected chi connectivity index (χ4v) is 2.00. The van der Waals surface area contributed by atoms with Crippen molar-refractivity contribution in [1.82, 2.24) is 9.55 Å². The molecule has 1 N–H and O–H groups in total. The van der Waals surface area contributed by atoms with Gasteiger partial charge in [0.05, 0.1) is 0 Å². The van der Waals surface area contributed by atoms with Crippen molar-refractivity contribution >= 4 is 34.8 Å². The van der Waals surface area contributed by atoms with Crippen molar-refractivity contribution in [2.24, 2.45) is 0 Å². The summed E-state index contributed by atoms with van der Waals surface area (Å²) in [7, 11) is 0. The predicted molar refractivity (Wildman–Crippen MR) is 78.3 cm³/mol. The van der Waals surface area contributed by atoms with Crippen LogP contribution < -0.4 is 10.9 Å². The maximum absolute atomic E-state index is 11.9. The number of nitrogens with zero attached hydrogens (tertiary/aromatic N) is 2. The van der Waals surface area contributed by atoms with E-state index in [1.54, 1.807) is 31.2 Å². The molecule has 5 nitrogen and oxygen atoms in total. The quantitative estimate of drug-likeness (QED) is 0.886. The summed E-state index contributed by atoms with van der Waals surface area (Å²) >= 11 is 11.4. The van der Waals surface area contributed by atoms with Gasteiger partial charge in [0.25, 0.3) is 5.56 Å². The minimum atomic E-state index is -0.367. The van der Waals surface area contributed by atoms with E-state index in [9.17, 15) is 9.59 Å². The zero-order valence-electron chi connectivity index (χ0n) is 10.6. The Labute approximate surface area is 125 Å². The van der Waals surface area contributed by atoms with Crippen LogP contribution in [-0.4, -0.2) is 15.5 Å². The summed E-state index contributed by atoms with van der Waals surface area (Å²) in [4.78, 5) is 27.6. The number of halogens is 2. The lowest BCUT2D eigenvalue weighted by Crippen LogP contribution is -2.29. The fraction of sp³-hybridized carbons (Fsp3) is 0.154. The van der Waals surface area contributed by atoms with E-state index in [0.717, 1.165) is 0 Å². The molecule has 0 spiro atoms. The number of anilines is 1. The number of amides is 1. The van der Waals surface area contributed by atoms with Crippen molar-refractivity contribution in [3.63, 3.8) is 0 Å². The first-order chi connectivity index (χ1) is 9.45. The first-order valence-electron chi connectivity index (χ1n) is 5.75. The van der Waals surface area contributed by atoms with Crippen LogP contribution in [0.1, 0.15) is 5.82 Å². The lowest BCUT2D eigenvalue weighted by molar-refractivity contribution is -0.116. The van der Waals surface area contributed by atoms with Gasteiger partial charge in [-0.25, -0.2) is 4.98 Å². The maximum Gasteiger partial charge on any atom is 0.255 e. The number of aryl methyl sites for hydroxylation is 1. The summed E-state index contributed by atoms with van der Waals surface area (Å²) in [6.07, 6.45) is 0. The highest BCUT2D eigenvalue weighted by Crippen LogP contribution is 2.13. The molecule has 1 aromatic carbocycles. The normalized spacial score (nSPS) is 10.3. The molecular weight excluding hydrogens is 301 g/mol. The second-order valence-corrected chi connectivity index (χ2v) is 4.93. The zero-order chi connectivity index (χ0) is 14.7. The van der Waals surface area contributed by atoms with Crippen LogP contribution in [0.25, 0.3) is 0 Å². The topological polar surface area (TPSA) is 64.0 Å². The molecule has 0 aliphatic rings. The van der Waals surface area contributed by atoms with Gasteiger partial charge in [0.1, 0.15) is 17.5 Å². The van der Waals surface area contributed by atoms with Crippen LogP contribution in [0.5, 0.6) is 0 Å². The first kappa shape index (κ1) is 14.6. The summed E-state index contributed by atoms with van der Waals surface area (Å²) in [5.41, 5.74) is 0.237. The predicted octanol–water partition coefficient (Wildman–Crippen LogP) is 2.50. The molecule has 2 rings (SSSR count). The van der Waals surface area contributed by atoms with Crippen LogP contribution >= 0.6 is 23.2 Å². The number of aromatic nitrogens is 2. The molecule has 1 heterocycles. The molecule has 20 heavy (non-hydrogen) atoms. The zero-order valence-corrected chi connectivity index (χ0v) is 12.1. The lowest BCUT2D eigenvalue weighted by atomic mass is 10.3. The average molecular weight is 312 g/mol. The Kier molecular flexibility index (Phi) is 4.42. The second-order valence-electron chi connectivity index (χ2n) is 4.11. The van der Waals surface area contributed by atoms with Crippen molar-refractivity contribution in [3.05, 3.63) is 56.7 Å². The number of nitrogens with one attached hydrogen (secondary N) is 1. The van der Waals surface area contributed by atoms with Gasteiger partial charge in [-0.1, -0.05) is 23.2 Å². The van der Waals surface area contributed by atoms with Crippen molar-refractivity contribution in [2.75, 3.05) is 5.32 Å². The molecule has 0 saturated heterocycles. The Morgan fingerprint density at radius 3 is 2.55 bits per heavy atom. The van der Waals surface area contributed by atoms with Crippen molar-refractivity contribution < 1.29 is 4.79 Å². The number of carbonyl (C=O) groups excluding carboxylic acids is 1. The third-order valence-corrected chi connectivity index (χ3v) is 3.04. The molecule has 0 radical (unpaired) electrons. The molecule has 0 bridgehead atoms. The smallest absolute Gasteiger partial charge is 0.255 e. The summed E-state index contributed by atoms with van der Waals surface area (Å²) in [5, 5.41) is 3.36. The molecule has 0 aliphatic carbocycles. The Balaban J connectivity index is 2.12. The Hall–Kier alpha value is -1.85. The van der Waals surface area contributed by atoms with Gasteiger partial charge in [-0.3, -0.25) is 14.2 Å². The summed E-state index contributed by atoms with van der Waals surface area (Å²) in [5.74, 6) is 0.0513. The summed E-state index contributed by atoms with van der Waals surface area (Å²) in [6, 6.07) is 7.85. The Morgan fingerprint density at radius 2 is 1.95 bits per heavy atom. The van der Waals surface area contributed by atoms with E-state index in [1.807, 2.05) is 0 Å². The van der Waals surface area contributed by atoms with E-state index in [2.05, 4.69) is 10.3 Å². The van der Waals surface area contributed by atoms with Crippen molar-refractivity contribution in [2.45, 2.75) is 13.5 Å². The minimum Gasteiger partial charge on any atom is -0.325 e.